The Kier molecular flexibility index (Phi) is 1.88. The SMILES string of the molecule is COC1(c2cncc(Br)c2)OO1. The maximum Gasteiger partial charge on any atom is 0.368 e. The molecule has 0 saturated carbocycles. The van der Waals surface area contributed by atoms with Crippen LogP contribution in [-0.2, 0) is 20.5 Å². The third-order valence-electron chi connectivity index (χ3n) is 1.56. The minimum atomic E-state index is -1.02. The van der Waals surface area contributed by atoms with E-state index in [-0.39, 0.29) is 0 Å². The molecule has 1 aliphatic heterocycles. The smallest absolute Gasteiger partial charge is 0.323 e. The van der Waals surface area contributed by atoms with Crippen LogP contribution in [0.3, 0.4) is 0 Å². The lowest BCUT2D eigenvalue weighted by Gasteiger charge is -2.03. The van der Waals surface area contributed by atoms with Crippen LogP contribution in [0, 0.1) is 0 Å². The molecule has 1 aromatic rings. The molecule has 0 bridgehead atoms. The van der Waals surface area contributed by atoms with Crippen molar-refractivity contribution >= 4 is 15.9 Å². The van der Waals surface area contributed by atoms with Crippen molar-refractivity contribution in [1.82, 2.24) is 4.98 Å². The highest BCUT2D eigenvalue weighted by Gasteiger charge is 2.52. The maximum absolute atomic E-state index is 4.98. The zero-order valence-electron chi connectivity index (χ0n) is 6.28. The predicted octanol–water partition coefficient (Wildman–Crippen LogP) is 1.56. The molecular weight excluding hydrogens is 226 g/mol. The van der Waals surface area contributed by atoms with Gasteiger partial charge in [0.2, 0.25) is 0 Å². The van der Waals surface area contributed by atoms with Gasteiger partial charge in [0.1, 0.15) is 0 Å². The predicted molar refractivity (Wildman–Crippen MR) is 42.8 cm³/mol. The summed E-state index contributed by atoms with van der Waals surface area (Å²) in [5.74, 6) is -1.02. The molecule has 0 atom stereocenters. The van der Waals surface area contributed by atoms with Crippen LogP contribution in [0.1, 0.15) is 5.56 Å². The minimum absolute atomic E-state index is 0.736. The van der Waals surface area contributed by atoms with Crippen molar-refractivity contribution in [1.29, 1.82) is 0 Å². The van der Waals surface area contributed by atoms with Crippen LogP contribution >= 0.6 is 15.9 Å². The Bertz CT molecular complexity index is 300. The van der Waals surface area contributed by atoms with Gasteiger partial charge in [-0.3, -0.25) is 4.98 Å². The summed E-state index contributed by atoms with van der Waals surface area (Å²) in [6.45, 7) is 0. The van der Waals surface area contributed by atoms with E-state index in [2.05, 4.69) is 20.9 Å². The molecule has 0 aromatic carbocycles. The lowest BCUT2D eigenvalue weighted by Crippen LogP contribution is -2.10. The van der Waals surface area contributed by atoms with Gasteiger partial charge in [-0.15, -0.1) is 0 Å². The van der Waals surface area contributed by atoms with E-state index in [9.17, 15) is 0 Å². The van der Waals surface area contributed by atoms with Gasteiger partial charge in [-0.05, 0) is 22.0 Å². The summed E-state index contributed by atoms with van der Waals surface area (Å²) in [6, 6.07) is 1.82. The van der Waals surface area contributed by atoms with E-state index >= 15 is 0 Å². The summed E-state index contributed by atoms with van der Waals surface area (Å²) in [4.78, 5) is 13.4. The number of methoxy groups -OCH3 is 1. The van der Waals surface area contributed by atoms with Crippen LogP contribution < -0.4 is 0 Å². The van der Waals surface area contributed by atoms with Crippen molar-refractivity contribution in [3.63, 3.8) is 0 Å². The molecule has 12 heavy (non-hydrogen) atoms. The third kappa shape index (κ3) is 1.25. The van der Waals surface area contributed by atoms with Crippen molar-refractivity contribution in [2.24, 2.45) is 0 Å². The quantitative estimate of drug-likeness (QED) is 0.573. The normalized spacial score (nSPS) is 19.2. The molecular formula is C7H6BrNO3. The number of hydrogen-bond donors (Lipinski definition) is 0. The number of ether oxygens (including phenoxy) is 1. The van der Waals surface area contributed by atoms with Gasteiger partial charge in [0, 0.05) is 24.0 Å². The van der Waals surface area contributed by atoms with Gasteiger partial charge in [0.05, 0.1) is 5.56 Å². The standard InChI is InChI=1S/C7H6BrNO3/c1-10-7(11-12-7)5-2-6(8)4-9-3-5/h2-4H,1H3. The zero-order chi connectivity index (χ0) is 8.60. The second-order valence-electron chi connectivity index (χ2n) is 2.32. The number of halogens is 1. The number of rotatable bonds is 2. The van der Waals surface area contributed by atoms with Gasteiger partial charge >= 0.3 is 5.97 Å². The van der Waals surface area contributed by atoms with Gasteiger partial charge in [-0.2, -0.15) is 9.78 Å². The average molecular weight is 232 g/mol. The van der Waals surface area contributed by atoms with Crippen molar-refractivity contribution < 1.29 is 14.5 Å². The third-order valence-corrected chi connectivity index (χ3v) is 2.00. The summed E-state index contributed by atoms with van der Waals surface area (Å²) < 4.78 is 5.84. The first-order chi connectivity index (χ1) is 5.77. The monoisotopic (exact) mass is 231 g/mol. The Hall–Kier alpha value is -0.490. The Morgan fingerprint density at radius 2 is 2.25 bits per heavy atom. The molecule has 0 aliphatic carbocycles. The number of nitrogens with zero attached hydrogens (tertiary/aromatic N) is 1. The molecule has 0 amide bonds. The largest absolute Gasteiger partial charge is 0.368 e. The highest BCUT2D eigenvalue weighted by atomic mass is 79.9. The molecule has 0 spiro atoms. The van der Waals surface area contributed by atoms with E-state index in [1.54, 1.807) is 12.4 Å². The van der Waals surface area contributed by atoms with Crippen molar-refractivity contribution in [2.45, 2.75) is 5.97 Å². The van der Waals surface area contributed by atoms with Crippen LogP contribution in [-0.4, -0.2) is 12.1 Å². The van der Waals surface area contributed by atoms with Crippen molar-refractivity contribution in [3.05, 3.63) is 28.5 Å². The Balaban J connectivity index is 2.34. The fourth-order valence-corrected chi connectivity index (χ4v) is 1.26. The summed E-state index contributed by atoms with van der Waals surface area (Å²) in [5, 5.41) is 0. The second kappa shape index (κ2) is 2.77. The van der Waals surface area contributed by atoms with Gasteiger partial charge in [0.25, 0.3) is 0 Å². The molecule has 1 aliphatic rings. The van der Waals surface area contributed by atoms with Gasteiger partial charge < -0.3 is 4.74 Å². The summed E-state index contributed by atoms with van der Waals surface area (Å²) in [7, 11) is 1.51. The molecule has 64 valence electrons. The van der Waals surface area contributed by atoms with Crippen LogP contribution in [0.2, 0.25) is 0 Å². The molecule has 1 aromatic heterocycles. The van der Waals surface area contributed by atoms with Crippen LogP contribution in [0.15, 0.2) is 22.9 Å². The zero-order valence-corrected chi connectivity index (χ0v) is 7.87. The molecule has 2 heterocycles. The van der Waals surface area contributed by atoms with Gasteiger partial charge in [-0.1, -0.05) is 0 Å². The van der Waals surface area contributed by atoms with Crippen molar-refractivity contribution in [3.8, 4) is 0 Å². The molecule has 0 unspecified atom stereocenters. The van der Waals surface area contributed by atoms with E-state index in [0.29, 0.717) is 0 Å². The summed E-state index contributed by atoms with van der Waals surface area (Å²) in [6.07, 6.45) is 3.30. The first-order valence-electron chi connectivity index (χ1n) is 3.30. The topological polar surface area (TPSA) is 47.2 Å². The van der Waals surface area contributed by atoms with Crippen LogP contribution in [0.5, 0.6) is 0 Å². The van der Waals surface area contributed by atoms with E-state index in [0.717, 1.165) is 10.0 Å². The fraction of sp³-hybridized carbons (Fsp3) is 0.286. The highest BCUT2D eigenvalue weighted by Crippen LogP contribution is 2.41. The molecule has 4 nitrogen and oxygen atoms in total. The van der Waals surface area contributed by atoms with Crippen molar-refractivity contribution in [2.75, 3.05) is 7.11 Å². The molecule has 0 radical (unpaired) electrons. The fourth-order valence-electron chi connectivity index (χ4n) is 0.899. The van der Waals surface area contributed by atoms with Crippen LogP contribution in [0.25, 0.3) is 0 Å². The second-order valence-corrected chi connectivity index (χ2v) is 3.23. The van der Waals surface area contributed by atoms with Crippen LogP contribution in [0.4, 0.5) is 0 Å². The Morgan fingerprint density at radius 1 is 1.50 bits per heavy atom. The van der Waals surface area contributed by atoms with Gasteiger partial charge in [0.15, 0.2) is 0 Å². The van der Waals surface area contributed by atoms with E-state index in [1.807, 2.05) is 6.07 Å². The molecule has 1 fully saturated rings. The average Bonchev–Trinajstić information content (AvgIpc) is 2.84. The van der Waals surface area contributed by atoms with Gasteiger partial charge in [-0.25, -0.2) is 0 Å². The van der Waals surface area contributed by atoms with E-state index < -0.39 is 5.97 Å². The number of hydrogen-bond acceptors (Lipinski definition) is 4. The lowest BCUT2D eigenvalue weighted by molar-refractivity contribution is -0.0248. The maximum atomic E-state index is 4.98. The number of aromatic nitrogens is 1. The Morgan fingerprint density at radius 3 is 2.75 bits per heavy atom. The highest BCUT2D eigenvalue weighted by molar-refractivity contribution is 9.10. The molecule has 2 rings (SSSR count). The first kappa shape index (κ1) is 8.12. The lowest BCUT2D eigenvalue weighted by atomic mass is 10.2. The molecule has 1 saturated heterocycles. The summed E-state index contributed by atoms with van der Waals surface area (Å²) in [5.41, 5.74) is 0.736. The molecule has 0 N–H and O–H groups in total. The minimum Gasteiger partial charge on any atom is -0.323 e. The van der Waals surface area contributed by atoms with E-state index in [1.165, 1.54) is 7.11 Å². The Labute approximate surface area is 77.5 Å². The summed E-state index contributed by atoms with van der Waals surface area (Å²) >= 11 is 3.28. The molecule has 5 heteroatoms. The number of pyridine rings is 1. The van der Waals surface area contributed by atoms with E-state index in [4.69, 9.17) is 14.5 Å². The first-order valence-corrected chi connectivity index (χ1v) is 4.09.